The number of likely N-dealkylation sites (N-methyl/N-ethyl adjacent to an activating group) is 1. The second kappa shape index (κ2) is 8.95. The van der Waals surface area contributed by atoms with Crippen LogP contribution in [0.1, 0.15) is 38.8 Å². The van der Waals surface area contributed by atoms with Crippen LogP contribution in [0.4, 0.5) is 0 Å². The minimum atomic E-state index is 0.238. The van der Waals surface area contributed by atoms with Crippen molar-refractivity contribution in [2.24, 2.45) is 0 Å². The molecule has 0 aliphatic rings. The summed E-state index contributed by atoms with van der Waals surface area (Å²) in [5.41, 5.74) is 1.22. The molecule has 0 aromatic heterocycles. The van der Waals surface area contributed by atoms with Crippen LogP contribution in [0.25, 0.3) is 0 Å². The molecule has 0 radical (unpaired) electrons. The molecule has 3 nitrogen and oxygen atoms in total. The number of hydrogen-bond acceptors (Lipinski definition) is 3. The molecule has 18 heavy (non-hydrogen) atoms. The van der Waals surface area contributed by atoms with Gasteiger partial charge in [0.05, 0.1) is 19.3 Å². The molecule has 1 aromatic rings. The summed E-state index contributed by atoms with van der Waals surface area (Å²) in [5, 5.41) is 3.45. The Morgan fingerprint density at radius 3 is 2.72 bits per heavy atom. The van der Waals surface area contributed by atoms with Gasteiger partial charge in [-0.2, -0.15) is 0 Å². The maximum absolute atomic E-state index is 5.65. The second-order valence-electron chi connectivity index (χ2n) is 4.19. The third-order valence-corrected chi connectivity index (χ3v) is 2.65. The van der Waals surface area contributed by atoms with E-state index in [9.17, 15) is 0 Å². The van der Waals surface area contributed by atoms with Gasteiger partial charge in [0, 0.05) is 6.61 Å². The Morgan fingerprint density at radius 2 is 2.06 bits per heavy atom. The van der Waals surface area contributed by atoms with E-state index in [2.05, 4.69) is 31.3 Å². The van der Waals surface area contributed by atoms with E-state index in [1.807, 2.05) is 19.1 Å². The van der Waals surface area contributed by atoms with Crippen LogP contribution in [-0.2, 0) is 4.74 Å². The minimum absolute atomic E-state index is 0.238. The first kappa shape index (κ1) is 15.0. The third kappa shape index (κ3) is 5.07. The van der Waals surface area contributed by atoms with E-state index in [4.69, 9.17) is 9.47 Å². The SMILES string of the molecule is CCCOCC(NCC)c1cccc(OCC)c1. The number of hydrogen-bond donors (Lipinski definition) is 1. The first-order chi connectivity index (χ1) is 8.81. The lowest BCUT2D eigenvalue weighted by Gasteiger charge is -2.19. The summed E-state index contributed by atoms with van der Waals surface area (Å²) in [6.45, 7) is 9.38. The van der Waals surface area contributed by atoms with Crippen molar-refractivity contribution in [3.63, 3.8) is 0 Å². The standard InChI is InChI=1S/C15H25NO2/c1-4-10-17-12-15(16-5-2)13-8-7-9-14(11-13)18-6-3/h7-9,11,15-16H,4-6,10,12H2,1-3H3. The molecule has 0 fully saturated rings. The molecule has 0 bridgehead atoms. The Morgan fingerprint density at radius 1 is 1.22 bits per heavy atom. The first-order valence-electron chi connectivity index (χ1n) is 6.85. The summed E-state index contributed by atoms with van der Waals surface area (Å²) in [5.74, 6) is 0.924. The maximum Gasteiger partial charge on any atom is 0.119 e. The van der Waals surface area contributed by atoms with Crippen molar-refractivity contribution in [3.05, 3.63) is 29.8 Å². The van der Waals surface area contributed by atoms with Gasteiger partial charge in [-0.15, -0.1) is 0 Å². The zero-order chi connectivity index (χ0) is 13.2. The summed E-state index contributed by atoms with van der Waals surface area (Å²) in [7, 11) is 0. The van der Waals surface area contributed by atoms with Crippen LogP contribution in [0.3, 0.4) is 0 Å². The van der Waals surface area contributed by atoms with Gasteiger partial charge in [-0.25, -0.2) is 0 Å². The third-order valence-electron chi connectivity index (χ3n) is 2.65. The average Bonchev–Trinajstić information content (AvgIpc) is 2.39. The lowest BCUT2D eigenvalue weighted by Crippen LogP contribution is -2.25. The summed E-state index contributed by atoms with van der Waals surface area (Å²) in [4.78, 5) is 0. The maximum atomic E-state index is 5.65. The van der Waals surface area contributed by atoms with E-state index in [0.717, 1.165) is 25.3 Å². The average molecular weight is 251 g/mol. The van der Waals surface area contributed by atoms with Crippen molar-refractivity contribution in [1.82, 2.24) is 5.32 Å². The zero-order valence-corrected chi connectivity index (χ0v) is 11.7. The molecule has 0 saturated heterocycles. The predicted octanol–water partition coefficient (Wildman–Crippen LogP) is 3.16. The Hall–Kier alpha value is -1.06. The van der Waals surface area contributed by atoms with Gasteiger partial charge in [-0.3, -0.25) is 0 Å². The van der Waals surface area contributed by atoms with Crippen LogP contribution in [0.15, 0.2) is 24.3 Å². The number of benzene rings is 1. The molecule has 1 unspecified atom stereocenters. The highest BCUT2D eigenvalue weighted by Gasteiger charge is 2.11. The van der Waals surface area contributed by atoms with Crippen molar-refractivity contribution in [2.45, 2.75) is 33.2 Å². The molecular weight excluding hydrogens is 226 g/mol. The number of ether oxygens (including phenoxy) is 2. The van der Waals surface area contributed by atoms with Crippen LogP contribution in [-0.4, -0.2) is 26.4 Å². The van der Waals surface area contributed by atoms with Gasteiger partial charge in [0.15, 0.2) is 0 Å². The van der Waals surface area contributed by atoms with Crippen molar-refractivity contribution in [3.8, 4) is 5.75 Å². The molecule has 0 heterocycles. The van der Waals surface area contributed by atoms with E-state index < -0.39 is 0 Å². The monoisotopic (exact) mass is 251 g/mol. The molecule has 0 amide bonds. The Kier molecular flexibility index (Phi) is 7.46. The molecule has 0 saturated carbocycles. The summed E-state index contributed by atoms with van der Waals surface area (Å²) < 4.78 is 11.2. The molecule has 102 valence electrons. The number of nitrogens with one attached hydrogen (secondary N) is 1. The fourth-order valence-electron chi connectivity index (χ4n) is 1.85. The Labute approximate surface area is 110 Å². The highest BCUT2D eigenvalue weighted by atomic mass is 16.5. The quantitative estimate of drug-likeness (QED) is 0.684. The molecule has 1 N–H and O–H groups in total. The van der Waals surface area contributed by atoms with Crippen molar-refractivity contribution in [2.75, 3.05) is 26.4 Å². The largest absolute Gasteiger partial charge is 0.494 e. The van der Waals surface area contributed by atoms with E-state index in [-0.39, 0.29) is 6.04 Å². The van der Waals surface area contributed by atoms with Gasteiger partial charge < -0.3 is 14.8 Å². The lowest BCUT2D eigenvalue weighted by molar-refractivity contribution is 0.112. The topological polar surface area (TPSA) is 30.5 Å². The normalized spacial score (nSPS) is 12.4. The van der Waals surface area contributed by atoms with Gasteiger partial charge in [-0.1, -0.05) is 26.0 Å². The minimum Gasteiger partial charge on any atom is -0.494 e. The molecule has 1 atom stereocenters. The second-order valence-corrected chi connectivity index (χ2v) is 4.19. The van der Waals surface area contributed by atoms with Gasteiger partial charge in [-0.05, 0) is 37.6 Å². The Bertz CT molecular complexity index is 328. The van der Waals surface area contributed by atoms with E-state index in [0.29, 0.717) is 13.2 Å². The van der Waals surface area contributed by atoms with Crippen LogP contribution < -0.4 is 10.1 Å². The van der Waals surface area contributed by atoms with Gasteiger partial charge >= 0.3 is 0 Å². The van der Waals surface area contributed by atoms with Crippen LogP contribution in [0.5, 0.6) is 5.75 Å². The van der Waals surface area contributed by atoms with Crippen LogP contribution in [0.2, 0.25) is 0 Å². The zero-order valence-electron chi connectivity index (χ0n) is 11.7. The molecule has 1 aromatic carbocycles. The predicted molar refractivity (Wildman–Crippen MR) is 75.1 cm³/mol. The molecule has 3 heteroatoms. The van der Waals surface area contributed by atoms with Gasteiger partial charge in [0.1, 0.15) is 5.75 Å². The number of rotatable bonds is 9. The van der Waals surface area contributed by atoms with Crippen LogP contribution >= 0.6 is 0 Å². The summed E-state index contributed by atoms with van der Waals surface area (Å²) in [6, 6.07) is 8.46. The highest BCUT2D eigenvalue weighted by molar-refractivity contribution is 5.30. The highest BCUT2D eigenvalue weighted by Crippen LogP contribution is 2.19. The summed E-state index contributed by atoms with van der Waals surface area (Å²) in [6.07, 6.45) is 1.05. The Balaban J connectivity index is 2.67. The molecule has 0 aliphatic heterocycles. The van der Waals surface area contributed by atoms with Crippen molar-refractivity contribution >= 4 is 0 Å². The van der Waals surface area contributed by atoms with E-state index in [1.54, 1.807) is 0 Å². The fourth-order valence-corrected chi connectivity index (χ4v) is 1.85. The van der Waals surface area contributed by atoms with Gasteiger partial charge in [0.2, 0.25) is 0 Å². The van der Waals surface area contributed by atoms with Crippen molar-refractivity contribution < 1.29 is 9.47 Å². The van der Waals surface area contributed by atoms with Crippen LogP contribution in [0, 0.1) is 0 Å². The lowest BCUT2D eigenvalue weighted by atomic mass is 10.1. The van der Waals surface area contributed by atoms with Crippen molar-refractivity contribution in [1.29, 1.82) is 0 Å². The molecule has 0 aliphatic carbocycles. The van der Waals surface area contributed by atoms with E-state index >= 15 is 0 Å². The molecule has 1 rings (SSSR count). The van der Waals surface area contributed by atoms with Gasteiger partial charge in [0.25, 0.3) is 0 Å². The van der Waals surface area contributed by atoms with E-state index in [1.165, 1.54) is 5.56 Å². The fraction of sp³-hybridized carbons (Fsp3) is 0.600. The molecule has 0 spiro atoms. The first-order valence-corrected chi connectivity index (χ1v) is 6.85. The summed E-state index contributed by atoms with van der Waals surface area (Å²) >= 11 is 0. The molecular formula is C15H25NO2. The smallest absolute Gasteiger partial charge is 0.119 e.